The maximum absolute atomic E-state index is 12.5. The van der Waals surface area contributed by atoms with Crippen LogP contribution in [0.4, 0.5) is 5.00 Å². The van der Waals surface area contributed by atoms with E-state index in [1.54, 1.807) is 14.1 Å². The van der Waals surface area contributed by atoms with E-state index >= 15 is 0 Å². The lowest BCUT2D eigenvalue weighted by Gasteiger charge is -2.36. The van der Waals surface area contributed by atoms with E-state index in [9.17, 15) is 19.7 Å². The van der Waals surface area contributed by atoms with Gasteiger partial charge in [0.1, 0.15) is 6.04 Å². The third kappa shape index (κ3) is 3.19. The lowest BCUT2D eigenvalue weighted by atomic mass is 10.1. The van der Waals surface area contributed by atoms with Gasteiger partial charge in [-0.3, -0.25) is 19.7 Å². The molecule has 1 aromatic heterocycles. The van der Waals surface area contributed by atoms with Crippen LogP contribution in [0.15, 0.2) is 11.4 Å². The summed E-state index contributed by atoms with van der Waals surface area (Å²) in [5.41, 5.74) is 0.255. The minimum Gasteiger partial charge on any atom is -0.347 e. The highest BCUT2D eigenvalue weighted by Gasteiger charge is 2.34. The molecule has 2 rings (SSSR count). The molecule has 1 N–H and O–H groups in total. The Morgan fingerprint density at radius 3 is 2.81 bits per heavy atom. The van der Waals surface area contributed by atoms with E-state index in [0.717, 1.165) is 11.3 Å². The van der Waals surface area contributed by atoms with E-state index < -0.39 is 11.0 Å². The number of likely N-dealkylation sites (N-methyl/N-ethyl adjacent to an activating group) is 1. The highest BCUT2D eigenvalue weighted by Crippen LogP contribution is 2.24. The summed E-state index contributed by atoms with van der Waals surface area (Å²) in [4.78, 5) is 37.7. The quantitative estimate of drug-likeness (QED) is 0.633. The molecule has 0 aliphatic carbocycles. The Labute approximate surface area is 125 Å². The number of amides is 2. The lowest BCUT2D eigenvalue weighted by Crippen LogP contribution is -2.59. The van der Waals surface area contributed by atoms with Gasteiger partial charge in [0, 0.05) is 45.2 Å². The Morgan fingerprint density at radius 1 is 1.52 bits per heavy atom. The highest BCUT2D eigenvalue weighted by atomic mass is 32.1. The van der Waals surface area contributed by atoms with Crippen molar-refractivity contribution in [3.63, 3.8) is 0 Å². The molecule has 2 amide bonds. The van der Waals surface area contributed by atoms with Gasteiger partial charge in [-0.15, -0.1) is 0 Å². The van der Waals surface area contributed by atoms with Crippen molar-refractivity contribution in [2.75, 3.05) is 33.7 Å². The maximum atomic E-state index is 12.5. The molecule has 1 aromatic rings. The van der Waals surface area contributed by atoms with Crippen LogP contribution >= 0.6 is 11.3 Å². The van der Waals surface area contributed by atoms with Crippen LogP contribution in [-0.2, 0) is 4.79 Å². The first-order chi connectivity index (χ1) is 9.91. The van der Waals surface area contributed by atoms with Crippen LogP contribution < -0.4 is 5.32 Å². The first-order valence-electron chi connectivity index (χ1n) is 6.37. The molecule has 1 aliphatic rings. The van der Waals surface area contributed by atoms with E-state index in [4.69, 9.17) is 0 Å². The van der Waals surface area contributed by atoms with Gasteiger partial charge >= 0.3 is 5.00 Å². The van der Waals surface area contributed by atoms with Gasteiger partial charge in [-0.25, -0.2) is 0 Å². The van der Waals surface area contributed by atoms with Crippen LogP contribution in [0.1, 0.15) is 10.4 Å². The van der Waals surface area contributed by atoms with Crippen molar-refractivity contribution in [3.05, 3.63) is 27.1 Å². The van der Waals surface area contributed by atoms with Gasteiger partial charge in [0.05, 0.1) is 10.5 Å². The zero-order valence-corrected chi connectivity index (χ0v) is 12.6. The largest absolute Gasteiger partial charge is 0.347 e. The molecule has 9 heteroatoms. The second-order valence-electron chi connectivity index (χ2n) is 4.88. The lowest BCUT2D eigenvalue weighted by molar-refractivity contribution is -0.380. The molecular weight excluding hydrogens is 296 g/mol. The van der Waals surface area contributed by atoms with Crippen LogP contribution in [0.25, 0.3) is 0 Å². The fraction of sp³-hybridized carbons (Fsp3) is 0.500. The summed E-state index contributed by atoms with van der Waals surface area (Å²) in [6, 6.07) is 0.673. The van der Waals surface area contributed by atoms with Gasteiger partial charge in [0.2, 0.25) is 5.91 Å². The zero-order valence-electron chi connectivity index (χ0n) is 11.7. The third-order valence-corrected chi connectivity index (χ3v) is 4.12. The van der Waals surface area contributed by atoms with Gasteiger partial charge in [-0.05, 0) is 0 Å². The molecule has 0 bridgehead atoms. The molecule has 0 saturated carbocycles. The van der Waals surface area contributed by atoms with Crippen LogP contribution in [0.5, 0.6) is 0 Å². The van der Waals surface area contributed by atoms with Crippen molar-refractivity contribution in [3.8, 4) is 0 Å². The Hall–Kier alpha value is -2.00. The molecule has 1 fully saturated rings. The van der Waals surface area contributed by atoms with Crippen LogP contribution in [0.2, 0.25) is 0 Å². The molecule has 1 aliphatic heterocycles. The number of rotatable bonds is 3. The summed E-state index contributed by atoms with van der Waals surface area (Å²) in [6.07, 6.45) is 0. The second kappa shape index (κ2) is 6.19. The third-order valence-electron chi connectivity index (χ3n) is 3.24. The van der Waals surface area contributed by atoms with Crippen molar-refractivity contribution < 1.29 is 14.5 Å². The molecule has 1 atom stereocenters. The summed E-state index contributed by atoms with van der Waals surface area (Å²) >= 11 is 0.908. The van der Waals surface area contributed by atoms with Crippen molar-refractivity contribution in [1.29, 1.82) is 0 Å². The number of carbonyl (C=O) groups excluding carboxylic acids is 2. The predicted octanol–water partition coefficient (Wildman–Crippen LogP) is 0.159. The molecule has 1 saturated heterocycles. The smallest absolute Gasteiger partial charge is 0.324 e. The van der Waals surface area contributed by atoms with Gasteiger partial charge in [0.15, 0.2) is 0 Å². The Balaban J connectivity index is 2.21. The average molecular weight is 312 g/mol. The molecule has 0 radical (unpaired) electrons. The van der Waals surface area contributed by atoms with Gasteiger partial charge in [-0.2, -0.15) is 0 Å². The fourth-order valence-electron chi connectivity index (χ4n) is 2.16. The van der Waals surface area contributed by atoms with Gasteiger partial charge in [-0.1, -0.05) is 11.3 Å². The molecule has 1 unspecified atom stereocenters. The van der Waals surface area contributed by atoms with Crippen molar-refractivity contribution in [2.24, 2.45) is 0 Å². The second-order valence-corrected chi connectivity index (χ2v) is 5.77. The number of carbonyl (C=O) groups is 2. The molecule has 114 valence electrons. The van der Waals surface area contributed by atoms with E-state index in [1.807, 2.05) is 0 Å². The normalized spacial score (nSPS) is 18.4. The first kappa shape index (κ1) is 15.4. The highest BCUT2D eigenvalue weighted by molar-refractivity contribution is 7.13. The number of thiophene rings is 1. The van der Waals surface area contributed by atoms with Crippen molar-refractivity contribution >= 4 is 28.2 Å². The standard InChI is InChI=1S/C12H16N4O4S/c1-14(2)12(18)9-6-13-3-4-15(9)11(17)8-5-10(16(19)20)21-7-8/h5,7,9,13H,3-4,6H2,1-2H3. The molecule has 21 heavy (non-hydrogen) atoms. The Kier molecular flexibility index (Phi) is 4.53. The summed E-state index contributed by atoms with van der Waals surface area (Å²) in [5, 5.41) is 15.2. The maximum Gasteiger partial charge on any atom is 0.324 e. The molecule has 0 aromatic carbocycles. The number of piperazine rings is 1. The minimum atomic E-state index is -0.583. The van der Waals surface area contributed by atoms with Crippen molar-refractivity contribution in [2.45, 2.75) is 6.04 Å². The number of nitro groups is 1. The van der Waals surface area contributed by atoms with E-state index in [2.05, 4.69) is 5.32 Å². The van der Waals surface area contributed by atoms with Crippen LogP contribution in [-0.4, -0.2) is 66.3 Å². The molecule has 0 spiro atoms. The summed E-state index contributed by atoms with van der Waals surface area (Å²) in [5.74, 6) is -0.513. The Bertz CT molecular complexity index is 571. The topological polar surface area (TPSA) is 95.8 Å². The predicted molar refractivity (Wildman–Crippen MR) is 77.4 cm³/mol. The zero-order chi connectivity index (χ0) is 15.6. The van der Waals surface area contributed by atoms with Crippen LogP contribution in [0.3, 0.4) is 0 Å². The number of hydrogen-bond acceptors (Lipinski definition) is 6. The Morgan fingerprint density at radius 2 is 2.24 bits per heavy atom. The summed E-state index contributed by atoms with van der Waals surface area (Å²) < 4.78 is 0. The average Bonchev–Trinajstić information content (AvgIpc) is 2.95. The summed E-state index contributed by atoms with van der Waals surface area (Å²) in [7, 11) is 3.27. The minimum absolute atomic E-state index is 0.0797. The van der Waals surface area contributed by atoms with E-state index in [-0.39, 0.29) is 22.4 Å². The number of hydrogen-bond donors (Lipinski definition) is 1. The van der Waals surface area contributed by atoms with Gasteiger partial charge < -0.3 is 15.1 Å². The first-order valence-corrected chi connectivity index (χ1v) is 7.25. The fourth-order valence-corrected chi connectivity index (χ4v) is 2.86. The van der Waals surface area contributed by atoms with E-state index in [1.165, 1.54) is 21.2 Å². The molecular formula is C12H16N4O4S. The van der Waals surface area contributed by atoms with Gasteiger partial charge in [0.25, 0.3) is 5.91 Å². The molecule has 2 heterocycles. The number of nitrogens with one attached hydrogen (secondary N) is 1. The van der Waals surface area contributed by atoms with Crippen molar-refractivity contribution in [1.82, 2.24) is 15.1 Å². The van der Waals surface area contributed by atoms with Crippen LogP contribution in [0, 0.1) is 10.1 Å². The number of nitrogens with zero attached hydrogens (tertiary/aromatic N) is 3. The SMILES string of the molecule is CN(C)C(=O)C1CNCCN1C(=O)c1csc([N+](=O)[O-])c1. The molecule has 8 nitrogen and oxygen atoms in total. The summed E-state index contributed by atoms with van der Waals surface area (Å²) in [6.45, 7) is 1.37. The van der Waals surface area contributed by atoms with E-state index in [0.29, 0.717) is 19.6 Å². The monoisotopic (exact) mass is 312 g/mol.